The first-order chi connectivity index (χ1) is 18.1. The topological polar surface area (TPSA) is 86.8 Å². The predicted molar refractivity (Wildman–Crippen MR) is 130 cm³/mol. The number of rotatable bonds is 6. The summed E-state index contributed by atoms with van der Waals surface area (Å²) in [7, 11) is 0. The molecule has 38 heavy (non-hydrogen) atoms. The van der Waals surface area contributed by atoms with Crippen LogP contribution in [0.25, 0.3) is 22.3 Å². The number of likely N-dealkylation sites (tertiary alicyclic amines) is 1. The third kappa shape index (κ3) is 5.21. The van der Waals surface area contributed by atoms with Gasteiger partial charge in [0.15, 0.2) is 5.65 Å². The Kier molecular flexibility index (Phi) is 6.82. The van der Waals surface area contributed by atoms with Gasteiger partial charge in [0.05, 0.1) is 17.7 Å². The molecule has 7 nitrogen and oxygen atoms in total. The minimum atomic E-state index is -4.63. The number of aromatic nitrogens is 4. The summed E-state index contributed by atoms with van der Waals surface area (Å²) in [6, 6.07) is 9.42. The van der Waals surface area contributed by atoms with E-state index >= 15 is 0 Å². The molecule has 0 aliphatic carbocycles. The lowest BCUT2D eigenvalue weighted by Gasteiger charge is -2.23. The van der Waals surface area contributed by atoms with Gasteiger partial charge in [-0.05, 0) is 36.8 Å². The molecule has 0 saturated carbocycles. The summed E-state index contributed by atoms with van der Waals surface area (Å²) in [5.74, 6) is -1.41. The number of nitrogens with zero attached hydrogens (tertiary/aromatic N) is 4. The van der Waals surface area contributed by atoms with E-state index in [1.54, 1.807) is 18.3 Å². The van der Waals surface area contributed by atoms with Crippen molar-refractivity contribution in [1.29, 1.82) is 0 Å². The van der Waals surface area contributed by atoms with Crippen molar-refractivity contribution in [3.05, 3.63) is 77.2 Å². The first-order valence-corrected chi connectivity index (χ1v) is 11.8. The zero-order valence-corrected chi connectivity index (χ0v) is 20.1. The van der Waals surface area contributed by atoms with Crippen LogP contribution in [0.15, 0.2) is 54.9 Å². The molecular weight excluding hydrogens is 507 g/mol. The molecule has 4 heterocycles. The Bertz CT molecular complexity index is 1470. The fourth-order valence-corrected chi connectivity index (χ4v) is 4.96. The molecule has 1 amide bonds. The third-order valence-electron chi connectivity index (χ3n) is 6.62. The average molecular weight is 531 g/mol. The number of hydrogen-bond donors (Lipinski definition) is 2. The number of hydrogen-bond acceptors (Lipinski definition) is 5. The summed E-state index contributed by atoms with van der Waals surface area (Å²) in [6.07, 6.45) is -4.31. The molecule has 0 spiro atoms. The number of benzene rings is 1. The molecule has 1 aromatic carbocycles. The molecule has 1 aliphatic heterocycles. The lowest BCUT2D eigenvalue weighted by molar-refractivity contribution is -0.138. The Hall–Kier alpha value is -3.93. The van der Waals surface area contributed by atoms with Crippen molar-refractivity contribution in [2.45, 2.75) is 31.5 Å². The van der Waals surface area contributed by atoms with Crippen molar-refractivity contribution in [2.24, 2.45) is 0 Å². The van der Waals surface area contributed by atoms with E-state index in [0.29, 0.717) is 16.7 Å². The van der Waals surface area contributed by atoms with E-state index in [9.17, 15) is 26.7 Å². The van der Waals surface area contributed by atoms with Gasteiger partial charge in [-0.15, -0.1) is 0 Å². The zero-order valence-electron chi connectivity index (χ0n) is 20.1. The monoisotopic (exact) mass is 530 g/mol. The number of pyridine rings is 2. The van der Waals surface area contributed by atoms with Crippen LogP contribution in [0.3, 0.4) is 0 Å². The van der Waals surface area contributed by atoms with E-state index in [2.05, 4.69) is 25.5 Å². The number of alkyl halides is 5. The van der Waals surface area contributed by atoms with Gasteiger partial charge in [0.25, 0.3) is 12.3 Å². The molecule has 2 N–H and O–H groups in total. The summed E-state index contributed by atoms with van der Waals surface area (Å²) in [4.78, 5) is 23.1. The number of halogens is 5. The fourth-order valence-electron chi connectivity index (χ4n) is 4.96. The normalized spacial score (nSPS) is 18.4. The Morgan fingerprint density at radius 3 is 2.68 bits per heavy atom. The Labute approximate surface area is 214 Å². The van der Waals surface area contributed by atoms with Crippen molar-refractivity contribution in [3.8, 4) is 11.3 Å². The van der Waals surface area contributed by atoms with Crippen LogP contribution in [0.1, 0.15) is 33.1 Å². The number of H-pyrrole nitrogens is 1. The Morgan fingerprint density at radius 2 is 1.95 bits per heavy atom. The second-order valence-corrected chi connectivity index (χ2v) is 9.26. The van der Waals surface area contributed by atoms with Crippen LogP contribution < -0.4 is 5.32 Å². The molecule has 0 bridgehead atoms. The molecule has 0 radical (unpaired) electrons. The van der Waals surface area contributed by atoms with Crippen LogP contribution in [-0.2, 0) is 6.18 Å². The van der Waals surface area contributed by atoms with Crippen LogP contribution in [-0.4, -0.2) is 63.1 Å². The van der Waals surface area contributed by atoms with Gasteiger partial charge in [0.1, 0.15) is 5.69 Å². The summed E-state index contributed by atoms with van der Waals surface area (Å²) < 4.78 is 67.5. The second-order valence-electron chi connectivity index (χ2n) is 9.26. The van der Waals surface area contributed by atoms with Gasteiger partial charge >= 0.3 is 6.18 Å². The quantitative estimate of drug-likeness (QED) is 0.350. The van der Waals surface area contributed by atoms with E-state index in [4.69, 9.17) is 0 Å². The van der Waals surface area contributed by atoms with Crippen LogP contribution in [0.5, 0.6) is 0 Å². The van der Waals surface area contributed by atoms with Crippen LogP contribution >= 0.6 is 0 Å². The maximum absolute atomic E-state index is 13.7. The molecule has 1 aliphatic rings. The molecular formula is C26H23F5N6O. The number of nitrogens with one attached hydrogen (secondary N) is 2. The maximum Gasteiger partial charge on any atom is 0.416 e. The summed E-state index contributed by atoms with van der Waals surface area (Å²) >= 11 is 0. The largest absolute Gasteiger partial charge is 0.416 e. The van der Waals surface area contributed by atoms with Crippen LogP contribution in [0, 0.1) is 6.92 Å². The fraction of sp³-hybridized carbons (Fsp3) is 0.308. The van der Waals surface area contributed by atoms with Gasteiger partial charge in [-0.3, -0.25) is 19.8 Å². The molecule has 1 fully saturated rings. The molecule has 12 heteroatoms. The SMILES string of the molecule is Cc1cc(-c2n[nH]c3ncc(C(=O)N[C@H]4CN(CC(F)F)C[C@@H]4c4ccccc4C(F)(F)F)cc23)ccn1. The third-order valence-corrected chi connectivity index (χ3v) is 6.62. The van der Waals surface area contributed by atoms with Crippen LogP contribution in [0.2, 0.25) is 0 Å². The van der Waals surface area contributed by atoms with Crippen molar-refractivity contribution in [2.75, 3.05) is 19.6 Å². The van der Waals surface area contributed by atoms with Crippen molar-refractivity contribution >= 4 is 16.9 Å². The molecule has 198 valence electrons. The lowest BCUT2D eigenvalue weighted by Crippen LogP contribution is -2.40. The van der Waals surface area contributed by atoms with E-state index < -0.39 is 42.6 Å². The highest BCUT2D eigenvalue weighted by Crippen LogP contribution is 2.38. The highest BCUT2D eigenvalue weighted by Gasteiger charge is 2.41. The molecule has 0 unspecified atom stereocenters. The zero-order chi connectivity index (χ0) is 27.0. The first kappa shape index (κ1) is 25.7. The smallest absolute Gasteiger partial charge is 0.347 e. The Balaban J connectivity index is 1.45. The number of carbonyl (C=O) groups excluding carboxylic acids is 1. The van der Waals surface area contributed by atoms with Gasteiger partial charge in [-0.2, -0.15) is 18.3 Å². The van der Waals surface area contributed by atoms with Crippen molar-refractivity contribution < 1.29 is 26.7 Å². The number of carbonyl (C=O) groups is 1. The van der Waals surface area contributed by atoms with Crippen molar-refractivity contribution in [1.82, 2.24) is 30.4 Å². The number of aromatic amines is 1. The van der Waals surface area contributed by atoms with E-state index in [0.717, 1.165) is 17.3 Å². The first-order valence-electron chi connectivity index (χ1n) is 11.8. The van der Waals surface area contributed by atoms with Gasteiger partial charge in [0, 0.05) is 54.1 Å². The minimum absolute atomic E-state index is 0.0180. The van der Waals surface area contributed by atoms with Gasteiger partial charge in [-0.25, -0.2) is 13.8 Å². The molecule has 5 rings (SSSR count). The summed E-state index contributed by atoms with van der Waals surface area (Å²) in [5, 5.41) is 10.5. The molecule has 1 saturated heterocycles. The van der Waals surface area contributed by atoms with Crippen LogP contribution in [0.4, 0.5) is 22.0 Å². The van der Waals surface area contributed by atoms with Crippen molar-refractivity contribution in [3.63, 3.8) is 0 Å². The van der Waals surface area contributed by atoms with E-state index in [-0.39, 0.29) is 24.2 Å². The highest BCUT2D eigenvalue weighted by molar-refractivity contribution is 6.00. The second kappa shape index (κ2) is 10.1. The number of aryl methyl sites for hydroxylation is 1. The molecule has 4 aromatic rings. The lowest BCUT2D eigenvalue weighted by atomic mass is 9.90. The van der Waals surface area contributed by atoms with E-state index in [1.807, 2.05) is 13.0 Å². The maximum atomic E-state index is 13.7. The Morgan fingerprint density at radius 1 is 1.16 bits per heavy atom. The number of amides is 1. The summed E-state index contributed by atoms with van der Waals surface area (Å²) in [6.45, 7) is 1.17. The van der Waals surface area contributed by atoms with Gasteiger partial charge in [0.2, 0.25) is 0 Å². The van der Waals surface area contributed by atoms with Gasteiger partial charge < -0.3 is 5.32 Å². The standard InChI is InChI=1S/C26H23F5N6O/c1-14-8-15(6-7-32-14)23-18-9-16(10-33-24(18)36-35-23)25(38)34-21-12-37(13-22(27)28)11-19(21)17-4-2-3-5-20(17)26(29,30)31/h2-10,19,21-22H,11-13H2,1H3,(H,34,38)(H,33,35,36)/t19-,21+/m1/s1. The summed E-state index contributed by atoms with van der Waals surface area (Å²) in [5.41, 5.74) is 1.84. The average Bonchev–Trinajstić information content (AvgIpc) is 3.46. The number of fused-ring (bicyclic) bond motifs is 1. The predicted octanol–water partition coefficient (Wildman–Crippen LogP) is 4.81. The minimum Gasteiger partial charge on any atom is -0.347 e. The molecule has 3 aromatic heterocycles. The van der Waals surface area contributed by atoms with E-state index in [1.165, 1.54) is 29.3 Å². The highest BCUT2D eigenvalue weighted by atomic mass is 19.4. The molecule has 2 atom stereocenters. The van der Waals surface area contributed by atoms with Gasteiger partial charge in [-0.1, -0.05) is 18.2 Å².